The first-order chi connectivity index (χ1) is 6.13. The maximum atomic E-state index is 11.0. The molecule has 1 unspecified atom stereocenters. The molecule has 0 saturated carbocycles. The molecule has 0 fully saturated rings. The van der Waals surface area contributed by atoms with Crippen LogP contribution in [0.5, 0.6) is 0 Å². The van der Waals surface area contributed by atoms with E-state index < -0.39 is 0 Å². The van der Waals surface area contributed by atoms with Gasteiger partial charge in [0.05, 0.1) is 4.47 Å². The highest BCUT2D eigenvalue weighted by Crippen LogP contribution is 2.09. The van der Waals surface area contributed by atoms with Crippen LogP contribution >= 0.6 is 15.9 Å². The summed E-state index contributed by atoms with van der Waals surface area (Å²) in [5.74, 6) is 0.442. The predicted molar refractivity (Wildman–Crippen MR) is 56.7 cm³/mol. The van der Waals surface area contributed by atoms with E-state index in [1.54, 1.807) is 6.20 Å². The molecule has 0 saturated heterocycles. The molecule has 4 heteroatoms. The fourth-order valence-corrected chi connectivity index (χ4v) is 1.51. The molecule has 0 radical (unpaired) electrons. The van der Waals surface area contributed by atoms with Gasteiger partial charge in [-0.25, -0.2) is 0 Å². The summed E-state index contributed by atoms with van der Waals surface area (Å²) in [6, 6.07) is 1.84. The van der Waals surface area contributed by atoms with Crippen LogP contribution in [0, 0.1) is 5.92 Å². The first kappa shape index (κ1) is 10.5. The molecular weight excluding hydrogens is 232 g/mol. The lowest BCUT2D eigenvalue weighted by molar-refractivity contribution is 0.591. The fraction of sp³-hybridized carbons (Fsp3) is 0.444. The summed E-state index contributed by atoms with van der Waals surface area (Å²) in [7, 11) is 0. The Balaban J connectivity index is 2.79. The molecule has 1 aromatic heterocycles. The zero-order valence-corrected chi connectivity index (χ0v) is 9.10. The van der Waals surface area contributed by atoms with Crippen molar-refractivity contribution in [2.45, 2.75) is 13.3 Å². The molecule has 1 atom stereocenters. The Morgan fingerprint density at radius 2 is 2.38 bits per heavy atom. The highest BCUT2D eigenvalue weighted by molar-refractivity contribution is 9.10. The second-order valence-electron chi connectivity index (χ2n) is 3.23. The normalized spacial score (nSPS) is 12.8. The molecule has 0 aliphatic carbocycles. The van der Waals surface area contributed by atoms with E-state index in [1.807, 2.05) is 6.07 Å². The van der Waals surface area contributed by atoms with E-state index in [9.17, 15) is 4.79 Å². The highest BCUT2D eigenvalue weighted by atomic mass is 79.9. The van der Waals surface area contributed by atoms with E-state index >= 15 is 0 Å². The van der Waals surface area contributed by atoms with Gasteiger partial charge in [0.25, 0.3) is 5.56 Å². The quantitative estimate of drug-likeness (QED) is 0.842. The number of pyridine rings is 1. The van der Waals surface area contributed by atoms with Gasteiger partial charge in [-0.3, -0.25) is 4.79 Å². The molecule has 0 spiro atoms. The molecule has 0 bridgehead atoms. The van der Waals surface area contributed by atoms with Crippen LogP contribution in [0.25, 0.3) is 0 Å². The van der Waals surface area contributed by atoms with Crippen molar-refractivity contribution in [3.05, 3.63) is 32.7 Å². The van der Waals surface area contributed by atoms with E-state index in [4.69, 9.17) is 5.73 Å². The molecule has 13 heavy (non-hydrogen) atoms. The molecule has 3 N–H and O–H groups in total. The van der Waals surface area contributed by atoms with Gasteiger partial charge in [-0.1, -0.05) is 6.92 Å². The van der Waals surface area contributed by atoms with Crippen molar-refractivity contribution in [1.29, 1.82) is 0 Å². The van der Waals surface area contributed by atoms with E-state index in [1.165, 1.54) is 0 Å². The molecule has 0 aliphatic heterocycles. The van der Waals surface area contributed by atoms with Crippen LogP contribution in [0.3, 0.4) is 0 Å². The third kappa shape index (κ3) is 2.97. The van der Waals surface area contributed by atoms with E-state index in [0.717, 1.165) is 12.0 Å². The summed E-state index contributed by atoms with van der Waals surface area (Å²) in [6.45, 7) is 2.75. The third-order valence-electron chi connectivity index (χ3n) is 1.90. The number of nitrogens with two attached hydrogens (primary N) is 1. The van der Waals surface area contributed by atoms with Crippen LogP contribution in [0.15, 0.2) is 21.5 Å². The smallest absolute Gasteiger partial charge is 0.262 e. The number of aromatic amines is 1. The highest BCUT2D eigenvalue weighted by Gasteiger charge is 2.03. The Morgan fingerprint density at radius 3 is 2.92 bits per heavy atom. The van der Waals surface area contributed by atoms with Crippen molar-refractivity contribution < 1.29 is 0 Å². The number of nitrogens with one attached hydrogen (secondary N) is 1. The minimum absolute atomic E-state index is 0.0934. The minimum atomic E-state index is -0.0934. The van der Waals surface area contributed by atoms with Gasteiger partial charge in [0.1, 0.15) is 0 Å². The van der Waals surface area contributed by atoms with Crippen LogP contribution in [0.2, 0.25) is 0 Å². The average Bonchev–Trinajstić information content (AvgIpc) is 2.11. The number of aromatic nitrogens is 1. The molecule has 0 aromatic carbocycles. The van der Waals surface area contributed by atoms with E-state index in [-0.39, 0.29) is 5.56 Å². The van der Waals surface area contributed by atoms with Crippen molar-refractivity contribution in [3.8, 4) is 0 Å². The molecule has 0 amide bonds. The van der Waals surface area contributed by atoms with Gasteiger partial charge in [0.2, 0.25) is 0 Å². The van der Waals surface area contributed by atoms with Gasteiger partial charge in [-0.2, -0.15) is 0 Å². The lowest BCUT2D eigenvalue weighted by atomic mass is 10.0. The zero-order valence-electron chi connectivity index (χ0n) is 7.51. The second kappa shape index (κ2) is 4.58. The van der Waals surface area contributed by atoms with Gasteiger partial charge in [0.15, 0.2) is 0 Å². The summed E-state index contributed by atoms with van der Waals surface area (Å²) in [5, 5.41) is 0. The predicted octanol–water partition coefficient (Wildman–Crippen LogP) is 1.27. The lowest BCUT2D eigenvalue weighted by Gasteiger charge is -2.07. The molecule has 1 heterocycles. The number of halogens is 1. The fourth-order valence-electron chi connectivity index (χ4n) is 1.10. The Labute approximate surface area is 85.5 Å². The topological polar surface area (TPSA) is 58.9 Å². The molecule has 1 aromatic rings. The molecule has 72 valence electrons. The van der Waals surface area contributed by atoms with Crippen molar-refractivity contribution in [2.24, 2.45) is 11.7 Å². The molecular formula is C9H13BrN2O. The second-order valence-corrected chi connectivity index (χ2v) is 4.08. The van der Waals surface area contributed by atoms with Crippen molar-refractivity contribution in [2.75, 3.05) is 6.54 Å². The van der Waals surface area contributed by atoms with Crippen LogP contribution in [-0.4, -0.2) is 11.5 Å². The summed E-state index contributed by atoms with van der Waals surface area (Å²) in [6.07, 6.45) is 2.63. The molecule has 0 aliphatic rings. The number of hydrogen-bond acceptors (Lipinski definition) is 2. The standard InChI is InChI=1S/C9H13BrN2O/c1-6(4-11)2-7-3-8(10)9(13)12-5-7/h3,5-6H,2,4,11H2,1H3,(H,12,13). The number of hydrogen-bond donors (Lipinski definition) is 2. The maximum absolute atomic E-state index is 11.0. The lowest BCUT2D eigenvalue weighted by Crippen LogP contribution is -2.14. The minimum Gasteiger partial charge on any atom is -0.330 e. The molecule has 3 nitrogen and oxygen atoms in total. The molecule has 1 rings (SSSR count). The van der Waals surface area contributed by atoms with Crippen molar-refractivity contribution in [3.63, 3.8) is 0 Å². The summed E-state index contributed by atoms with van der Waals surface area (Å²) < 4.78 is 0.578. The van der Waals surface area contributed by atoms with E-state index in [0.29, 0.717) is 16.9 Å². The first-order valence-corrected chi connectivity index (χ1v) is 5.00. The van der Waals surface area contributed by atoms with Gasteiger partial charge < -0.3 is 10.7 Å². The first-order valence-electron chi connectivity index (χ1n) is 4.20. The van der Waals surface area contributed by atoms with Crippen LogP contribution in [0.4, 0.5) is 0 Å². The number of rotatable bonds is 3. The summed E-state index contributed by atoms with van der Waals surface area (Å²) in [5.41, 5.74) is 6.51. The maximum Gasteiger partial charge on any atom is 0.262 e. The van der Waals surface area contributed by atoms with Gasteiger partial charge in [-0.15, -0.1) is 0 Å². The van der Waals surface area contributed by atoms with Crippen molar-refractivity contribution in [1.82, 2.24) is 4.98 Å². The average molecular weight is 245 g/mol. The van der Waals surface area contributed by atoms with Crippen LogP contribution in [-0.2, 0) is 6.42 Å². The van der Waals surface area contributed by atoms with Crippen LogP contribution < -0.4 is 11.3 Å². The van der Waals surface area contributed by atoms with Gasteiger partial charge in [-0.05, 0) is 46.4 Å². The Kier molecular flexibility index (Phi) is 3.69. The monoisotopic (exact) mass is 244 g/mol. The van der Waals surface area contributed by atoms with Gasteiger partial charge in [0, 0.05) is 6.20 Å². The Morgan fingerprint density at radius 1 is 1.69 bits per heavy atom. The Bertz CT molecular complexity index is 335. The third-order valence-corrected chi connectivity index (χ3v) is 2.49. The zero-order chi connectivity index (χ0) is 9.84. The summed E-state index contributed by atoms with van der Waals surface area (Å²) >= 11 is 3.18. The van der Waals surface area contributed by atoms with Crippen LogP contribution in [0.1, 0.15) is 12.5 Å². The van der Waals surface area contributed by atoms with E-state index in [2.05, 4.69) is 27.8 Å². The largest absolute Gasteiger partial charge is 0.330 e. The van der Waals surface area contributed by atoms with Crippen molar-refractivity contribution >= 4 is 15.9 Å². The van der Waals surface area contributed by atoms with Gasteiger partial charge >= 0.3 is 0 Å². The summed E-state index contributed by atoms with van der Waals surface area (Å²) in [4.78, 5) is 13.7. The SMILES string of the molecule is CC(CN)Cc1c[nH]c(=O)c(Br)c1. The number of H-pyrrole nitrogens is 1. The Hall–Kier alpha value is -0.610.